The summed E-state index contributed by atoms with van der Waals surface area (Å²) in [6.07, 6.45) is 1.74. The summed E-state index contributed by atoms with van der Waals surface area (Å²) in [7, 11) is 0. The van der Waals surface area contributed by atoms with E-state index in [2.05, 4.69) is 17.2 Å². The van der Waals surface area contributed by atoms with Crippen molar-refractivity contribution in [2.45, 2.75) is 6.42 Å². The molecule has 1 aliphatic rings. The minimum absolute atomic E-state index is 0.0840. The Labute approximate surface area is 173 Å². The monoisotopic (exact) mass is 411 g/mol. The maximum absolute atomic E-state index is 13.6. The number of benzene rings is 2. The van der Waals surface area contributed by atoms with Crippen LogP contribution in [0, 0.1) is 11.7 Å². The lowest BCUT2D eigenvalue weighted by Crippen LogP contribution is -2.32. The summed E-state index contributed by atoms with van der Waals surface area (Å²) in [5, 5.41) is 5.14. The number of carbonyl (C=O) groups excluding carboxylic acids is 3. The number of halogens is 1. The predicted octanol–water partition coefficient (Wildman–Crippen LogP) is 2.50. The molecular weight excluding hydrogens is 389 g/mol. The highest BCUT2D eigenvalue weighted by Crippen LogP contribution is 2.27. The number of hydrogen-bond donors (Lipinski definition) is 2. The standard InChI is InChI=1S/C22H22FN3O4/c1-2-11-24-22(29)15-12-21(28)26(13-15)16-7-9-17(10-8-16)30-14-20(27)25-19-6-4-3-5-18(19)23/h2-10,15H,1,11-14H2,(H,24,29)(H,25,27)/t15-/m1/s1. The molecule has 8 heteroatoms. The lowest BCUT2D eigenvalue weighted by Gasteiger charge is -2.17. The van der Waals surface area contributed by atoms with Crippen molar-refractivity contribution in [2.75, 3.05) is 29.9 Å². The van der Waals surface area contributed by atoms with Crippen LogP contribution in [0.25, 0.3) is 0 Å². The molecule has 0 spiro atoms. The fraction of sp³-hybridized carbons (Fsp3) is 0.227. The largest absolute Gasteiger partial charge is 0.484 e. The third-order valence-electron chi connectivity index (χ3n) is 4.58. The summed E-state index contributed by atoms with van der Waals surface area (Å²) in [4.78, 5) is 37.8. The highest BCUT2D eigenvalue weighted by atomic mass is 19.1. The smallest absolute Gasteiger partial charge is 0.262 e. The zero-order valence-corrected chi connectivity index (χ0v) is 16.3. The van der Waals surface area contributed by atoms with Crippen LogP contribution in [-0.4, -0.2) is 37.4 Å². The van der Waals surface area contributed by atoms with E-state index in [9.17, 15) is 18.8 Å². The van der Waals surface area contributed by atoms with Gasteiger partial charge in [-0.05, 0) is 36.4 Å². The first-order valence-electron chi connectivity index (χ1n) is 9.44. The first kappa shape index (κ1) is 21.0. The van der Waals surface area contributed by atoms with Gasteiger partial charge in [0.15, 0.2) is 6.61 Å². The van der Waals surface area contributed by atoms with Gasteiger partial charge in [-0.15, -0.1) is 6.58 Å². The highest BCUT2D eigenvalue weighted by molar-refractivity contribution is 6.00. The molecule has 0 unspecified atom stereocenters. The van der Waals surface area contributed by atoms with Crippen molar-refractivity contribution in [2.24, 2.45) is 5.92 Å². The van der Waals surface area contributed by atoms with Crippen LogP contribution in [0.5, 0.6) is 5.75 Å². The number of para-hydroxylation sites is 1. The SMILES string of the molecule is C=CCNC(=O)[C@@H]1CC(=O)N(c2ccc(OCC(=O)Nc3ccccc3F)cc2)C1. The third kappa shape index (κ3) is 5.22. The molecule has 0 bridgehead atoms. The van der Waals surface area contributed by atoms with E-state index in [-0.39, 0.29) is 30.5 Å². The van der Waals surface area contributed by atoms with E-state index in [0.717, 1.165) is 0 Å². The van der Waals surface area contributed by atoms with Crippen molar-refractivity contribution in [3.05, 3.63) is 67.0 Å². The number of anilines is 2. The molecule has 3 rings (SSSR count). The third-order valence-corrected chi connectivity index (χ3v) is 4.58. The van der Waals surface area contributed by atoms with Crippen LogP contribution in [-0.2, 0) is 14.4 Å². The molecule has 1 heterocycles. The van der Waals surface area contributed by atoms with Crippen molar-refractivity contribution in [1.29, 1.82) is 0 Å². The van der Waals surface area contributed by atoms with E-state index in [0.29, 0.717) is 24.5 Å². The van der Waals surface area contributed by atoms with Gasteiger partial charge in [0.25, 0.3) is 5.91 Å². The van der Waals surface area contributed by atoms with E-state index in [1.807, 2.05) is 0 Å². The van der Waals surface area contributed by atoms with E-state index in [4.69, 9.17) is 4.74 Å². The van der Waals surface area contributed by atoms with Crippen molar-refractivity contribution < 1.29 is 23.5 Å². The van der Waals surface area contributed by atoms with Gasteiger partial charge >= 0.3 is 0 Å². The average Bonchev–Trinajstić information content (AvgIpc) is 3.14. The second-order valence-electron chi connectivity index (χ2n) is 6.75. The number of rotatable bonds is 8. The van der Waals surface area contributed by atoms with Crippen LogP contribution in [0.3, 0.4) is 0 Å². The number of amides is 3. The number of ether oxygens (including phenoxy) is 1. The summed E-state index contributed by atoms with van der Waals surface area (Å²) >= 11 is 0. The van der Waals surface area contributed by atoms with Gasteiger partial charge in [0.05, 0.1) is 11.6 Å². The molecule has 7 nitrogen and oxygen atoms in total. The van der Waals surface area contributed by atoms with Gasteiger partial charge in [0.2, 0.25) is 11.8 Å². The summed E-state index contributed by atoms with van der Waals surface area (Å²) in [5.41, 5.74) is 0.725. The molecule has 0 aliphatic carbocycles. The van der Waals surface area contributed by atoms with E-state index >= 15 is 0 Å². The average molecular weight is 411 g/mol. The van der Waals surface area contributed by atoms with Crippen molar-refractivity contribution in [3.8, 4) is 5.75 Å². The Balaban J connectivity index is 1.53. The van der Waals surface area contributed by atoms with Crippen molar-refractivity contribution in [1.82, 2.24) is 5.32 Å². The van der Waals surface area contributed by atoms with Gasteiger partial charge < -0.3 is 20.3 Å². The molecule has 3 amide bonds. The highest BCUT2D eigenvalue weighted by Gasteiger charge is 2.34. The Kier molecular flexibility index (Phi) is 6.79. The van der Waals surface area contributed by atoms with Gasteiger partial charge in [-0.25, -0.2) is 4.39 Å². The van der Waals surface area contributed by atoms with Crippen molar-refractivity contribution in [3.63, 3.8) is 0 Å². The summed E-state index contributed by atoms with van der Waals surface area (Å²) < 4.78 is 19.0. The molecule has 30 heavy (non-hydrogen) atoms. The predicted molar refractivity (Wildman–Crippen MR) is 111 cm³/mol. The van der Waals surface area contributed by atoms with Crippen LogP contribution in [0.15, 0.2) is 61.2 Å². The molecule has 2 aromatic rings. The van der Waals surface area contributed by atoms with Gasteiger partial charge in [-0.2, -0.15) is 0 Å². The first-order valence-corrected chi connectivity index (χ1v) is 9.44. The summed E-state index contributed by atoms with van der Waals surface area (Å²) in [6.45, 7) is 3.92. The molecule has 1 fully saturated rings. The molecule has 1 aliphatic heterocycles. The Hall–Kier alpha value is -3.68. The fourth-order valence-electron chi connectivity index (χ4n) is 3.07. The van der Waals surface area contributed by atoms with Crippen LogP contribution in [0.4, 0.5) is 15.8 Å². The molecule has 2 N–H and O–H groups in total. The number of hydrogen-bond acceptors (Lipinski definition) is 4. The normalized spacial score (nSPS) is 15.6. The summed E-state index contributed by atoms with van der Waals surface area (Å²) in [5.74, 6) is -1.31. The zero-order chi connectivity index (χ0) is 21.5. The van der Waals surface area contributed by atoms with Gasteiger partial charge in [-0.1, -0.05) is 18.2 Å². The van der Waals surface area contributed by atoms with Gasteiger partial charge in [0, 0.05) is 25.2 Å². The topological polar surface area (TPSA) is 87.7 Å². The second kappa shape index (κ2) is 9.69. The number of carbonyl (C=O) groups is 3. The maximum Gasteiger partial charge on any atom is 0.262 e. The molecule has 0 saturated carbocycles. The molecule has 0 aromatic heterocycles. The Morgan fingerprint density at radius 1 is 1.20 bits per heavy atom. The van der Waals surface area contributed by atoms with E-state index < -0.39 is 17.6 Å². The van der Waals surface area contributed by atoms with Crippen LogP contribution >= 0.6 is 0 Å². The summed E-state index contributed by atoms with van der Waals surface area (Å²) in [6, 6.07) is 12.5. The molecule has 0 radical (unpaired) electrons. The Morgan fingerprint density at radius 2 is 1.93 bits per heavy atom. The lowest BCUT2D eigenvalue weighted by molar-refractivity contribution is -0.126. The van der Waals surface area contributed by atoms with Crippen molar-refractivity contribution >= 4 is 29.1 Å². The van der Waals surface area contributed by atoms with Crippen LogP contribution in [0.2, 0.25) is 0 Å². The number of nitrogens with zero attached hydrogens (tertiary/aromatic N) is 1. The van der Waals surface area contributed by atoms with Crippen LogP contribution < -0.4 is 20.3 Å². The maximum atomic E-state index is 13.6. The molecule has 156 valence electrons. The van der Waals surface area contributed by atoms with E-state index in [1.54, 1.807) is 41.3 Å². The molecule has 1 saturated heterocycles. The lowest BCUT2D eigenvalue weighted by atomic mass is 10.1. The fourth-order valence-corrected chi connectivity index (χ4v) is 3.07. The van der Waals surface area contributed by atoms with Crippen LogP contribution in [0.1, 0.15) is 6.42 Å². The minimum Gasteiger partial charge on any atom is -0.484 e. The molecule has 2 aromatic carbocycles. The van der Waals surface area contributed by atoms with Gasteiger partial charge in [0.1, 0.15) is 11.6 Å². The molecule has 1 atom stereocenters. The Morgan fingerprint density at radius 3 is 2.63 bits per heavy atom. The molecular formula is C22H22FN3O4. The quantitative estimate of drug-likeness (QED) is 0.654. The Bertz CT molecular complexity index is 946. The number of nitrogens with one attached hydrogen (secondary N) is 2. The van der Waals surface area contributed by atoms with E-state index in [1.165, 1.54) is 18.2 Å². The second-order valence-corrected chi connectivity index (χ2v) is 6.75. The zero-order valence-electron chi connectivity index (χ0n) is 16.3. The first-order chi connectivity index (χ1) is 14.5. The van der Waals surface area contributed by atoms with Gasteiger partial charge in [-0.3, -0.25) is 14.4 Å². The minimum atomic E-state index is -0.526.